The second-order valence-corrected chi connectivity index (χ2v) is 4.46. The van der Waals surface area contributed by atoms with E-state index in [0.29, 0.717) is 0 Å². The minimum atomic E-state index is 0.854. The van der Waals surface area contributed by atoms with E-state index in [1.54, 1.807) is 0 Å². The van der Waals surface area contributed by atoms with Crippen molar-refractivity contribution in [3.8, 4) is 0 Å². The van der Waals surface area contributed by atoms with E-state index in [2.05, 4.69) is 48.8 Å². The average Bonchev–Trinajstić information content (AvgIpc) is 2.65. The Hall–Kier alpha value is -1.35. The van der Waals surface area contributed by atoms with Gasteiger partial charge < -0.3 is 9.72 Å². The number of nitrogens with zero attached hydrogens (tertiary/aromatic N) is 2. The zero-order valence-corrected chi connectivity index (χ0v) is 11.0. The molecule has 17 heavy (non-hydrogen) atoms. The lowest BCUT2D eigenvalue weighted by Crippen LogP contribution is -2.12. The van der Waals surface area contributed by atoms with Crippen LogP contribution in [0.1, 0.15) is 37.4 Å². The highest BCUT2D eigenvalue weighted by atomic mass is 15.0. The Morgan fingerprint density at radius 2 is 2.18 bits per heavy atom. The molecule has 2 heterocycles. The summed E-state index contributed by atoms with van der Waals surface area (Å²) in [7, 11) is 0. The van der Waals surface area contributed by atoms with Gasteiger partial charge in [0.15, 0.2) is 0 Å². The molecule has 2 rings (SSSR count). The first-order valence-electron chi connectivity index (χ1n) is 6.43. The molecule has 2 aromatic rings. The molecule has 0 bridgehead atoms. The van der Waals surface area contributed by atoms with Gasteiger partial charge in [0.2, 0.25) is 0 Å². The molecule has 0 spiro atoms. The molecule has 0 aliphatic heterocycles. The molecule has 0 aliphatic rings. The number of imidazole rings is 1. The molecular weight excluding hydrogens is 210 g/mol. The maximum absolute atomic E-state index is 4.76. The summed E-state index contributed by atoms with van der Waals surface area (Å²) in [5, 5.41) is 3.36. The molecule has 0 amide bonds. The lowest BCUT2D eigenvalue weighted by Gasteiger charge is -2.01. The van der Waals surface area contributed by atoms with E-state index in [1.807, 2.05) is 0 Å². The molecule has 1 N–H and O–H groups in total. The highest BCUT2D eigenvalue weighted by molar-refractivity contribution is 5.55. The van der Waals surface area contributed by atoms with E-state index >= 15 is 0 Å². The highest BCUT2D eigenvalue weighted by Crippen LogP contribution is 2.16. The van der Waals surface area contributed by atoms with E-state index in [9.17, 15) is 0 Å². The third-order valence-electron chi connectivity index (χ3n) is 2.96. The predicted octanol–water partition coefficient (Wildman–Crippen LogP) is 2.70. The molecule has 2 aromatic heterocycles. The minimum Gasteiger partial charge on any atom is -0.311 e. The Morgan fingerprint density at radius 1 is 1.35 bits per heavy atom. The molecule has 0 fully saturated rings. The van der Waals surface area contributed by atoms with Gasteiger partial charge >= 0.3 is 0 Å². The van der Waals surface area contributed by atoms with E-state index < -0.39 is 0 Å². The second-order valence-electron chi connectivity index (χ2n) is 4.46. The Labute approximate surface area is 103 Å². The van der Waals surface area contributed by atoms with Gasteiger partial charge in [0.25, 0.3) is 0 Å². The van der Waals surface area contributed by atoms with Crippen LogP contribution in [-0.4, -0.2) is 15.9 Å². The molecule has 3 heteroatoms. The third kappa shape index (κ3) is 2.50. The highest BCUT2D eigenvalue weighted by Gasteiger charge is 2.09. The zero-order valence-electron chi connectivity index (χ0n) is 11.0. The van der Waals surface area contributed by atoms with E-state index in [1.165, 1.54) is 22.6 Å². The monoisotopic (exact) mass is 231 g/mol. The number of fused-ring (bicyclic) bond motifs is 1. The molecule has 0 aromatic carbocycles. The second kappa shape index (κ2) is 5.32. The summed E-state index contributed by atoms with van der Waals surface area (Å²) < 4.78 is 2.23. The number of nitrogens with one attached hydrogen (secondary N) is 1. The van der Waals surface area contributed by atoms with Crippen molar-refractivity contribution in [3.63, 3.8) is 0 Å². The number of pyridine rings is 1. The maximum atomic E-state index is 4.76. The summed E-state index contributed by atoms with van der Waals surface area (Å²) in [5.74, 6) is 1.18. The molecule has 0 unspecified atom stereocenters. The van der Waals surface area contributed by atoms with Crippen molar-refractivity contribution >= 4 is 5.52 Å². The first-order chi connectivity index (χ1) is 8.26. The van der Waals surface area contributed by atoms with Crippen LogP contribution in [0.4, 0.5) is 0 Å². The molecule has 3 nitrogen and oxygen atoms in total. The van der Waals surface area contributed by atoms with Crippen molar-refractivity contribution in [3.05, 3.63) is 35.4 Å². The van der Waals surface area contributed by atoms with E-state index in [4.69, 9.17) is 4.98 Å². The zero-order chi connectivity index (χ0) is 12.3. The average molecular weight is 231 g/mol. The summed E-state index contributed by atoms with van der Waals surface area (Å²) in [6.07, 6.45) is 4.31. The SMILES string of the molecule is CCCc1nc(CNCC)c2cc(C)ccn12. The van der Waals surface area contributed by atoms with Crippen LogP contribution in [0.2, 0.25) is 0 Å². The van der Waals surface area contributed by atoms with Crippen molar-refractivity contribution in [2.45, 2.75) is 40.2 Å². The predicted molar refractivity (Wildman–Crippen MR) is 71.3 cm³/mol. The van der Waals surface area contributed by atoms with Gasteiger partial charge in [-0.2, -0.15) is 0 Å². The van der Waals surface area contributed by atoms with Crippen LogP contribution in [0.25, 0.3) is 5.52 Å². The van der Waals surface area contributed by atoms with Crippen LogP contribution in [-0.2, 0) is 13.0 Å². The van der Waals surface area contributed by atoms with Gasteiger partial charge in [-0.25, -0.2) is 4.98 Å². The van der Waals surface area contributed by atoms with Gasteiger partial charge in [0.1, 0.15) is 5.82 Å². The van der Waals surface area contributed by atoms with Gasteiger partial charge in [0, 0.05) is 19.2 Å². The third-order valence-corrected chi connectivity index (χ3v) is 2.96. The smallest absolute Gasteiger partial charge is 0.113 e. The van der Waals surface area contributed by atoms with Crippen LogP contribution >= 0.6 is 0 Å². The molecule has 92 valence electrons. The Kier molecular flexibility index (Phi) is 3.79. The summed E-state index contributed by atoms with van der Waals surface area (Å²) in [6.45, 7) is 8.28. The molecular formula is C14H21N3. The van der Waals surface area contributed by atoms with Crippen LogP contribution in [0.15, 0.2) is 18.3 Å². The van der Waals surface area contributed by atoms with Crippen molar-refractivity contribution in [1.82, 2.24) is 14.7 Å². The number of aryl methyl sites for hydroxylation is 2. The molecule has 0 saturated carbocycles. The summed E-state index contributed by atoms with van der Waals surface area (Å²) in [6, 6.07) is 4.36. The fraction of sp³-hybridized carbons (Fsp3) is 0.500. The number of hydrogen-bond acceptors (Lipinski definition) is 2. The lowest BCUT2D eigenvalue weighted by atomic mass is 10.2. The van der Waals surface area contributed by atoms with Gasteiger partial charge in [-0.05, 0) is 37.6 Å². The van der Waals surface area contributed by atoms with Crippen molar-refractivity contribution in [1.29, 1.82) is 0 Å². The quantitative estimate of drug-likeness (QED) is 0.857. The maximum Gasteiger partial charge on any atom is 0.113 e. The normalized spacial score (nSPS) is 11.2. The minimum absolute atomic E-state index is 0.854. The molecule has 0 saturated heterocycles. The van der Waals surface area contributed by atoms with Crippen molar-refractivity contribution in [2.24, 2.45) is 0 Å². The first kappa shape index (κ1) is 12.1. The van der Waals surface area contributed by atoms with Crippen LogP contribution in [0.3, 0.4) is 0 Å². The molecule has 0 atom stereocenters. The lowest BCUT2D eigenvalue weighted by molar-refractivity contribution is 0.713. The van der Waals surface area contributed by atoms with E-state index in [-0.39, 0.29) is 0 Å². The van der Waals surface area contributed by atoms with Gasteiger partial charge in [-0.1, -0.05) is 13.8 Å². The largest absolute Gasteiger partial charge is 0.311 e. The summed E-state index contributed by atoms with van der Waals surface area (Å²) >= 11 is 0. The fourth-order valence-corrected chi connectivity index (χ4v) is 2.09. The van der Waals surface area contributed by atoms with E-state index in [0.717, 1.165) is 25.9 Å². The molecule has 0 aliphatic carbocycles. The topological polar surface area (TPSA) is 29.3 Å². The number of rotatable bonds is 5. The van der Waals surface area contributed by atoms with Crippen molar-refractivity contribution in [2.75, 3.05) is 6.54 Å². The first-order valence-corrected chi connectivity index (χ1v) is 6.43. The number of hydrogen-bond donors (Lipinski definition) is 1. The Balaban J connectivity index is 2.46. The van der Waals surface area contributed by atoms with Crippen molar-refractivity contribution < 1.29 is 0 Å². The summed E-state index contributed by atoms with van der Waals surface area (Å²) in [4.78, 5) is 4.76. The van der Waals surface area contributed by atoms with Crippen LogP contribution < -0.4 is 5.32 Å². The summed E-state index contributed by atoms with van der Waals surface area (Å²) in [5.41, 5.74) is 3.70. The van der Waals surface area contributed by atoms with Gasteiger partial charge in [0.05, 0.1) is 11.2 Å². The van der Waals surface area contributed by atoms with Crippen LogP contribution in [0, 0.1) is 6.92 Å². The number of aromatic nitrogens is 2. The Bertz CT molecular complexity index is 499. The van der Waals surface area contributed by atoms with Gasteiger partial charge in [-0.15, -0.1) is 0 Å². The van der Waals surface area contributed by atoms with Gasteiger partial charge in [-0.3, -0.25) is 0 Å². The Morgan fingerprint density at radius 3 is 2.88 bits per heavy atom. The standard InChI is InChI=1S/C14H21N3/c1-4-6-14-16-12(10-15-5-2)13-9-11(3)7-8-17(13)14/h7-9,15H,4-6,10H2,1-3H3. The molecule has 0 radical (unpaired) electrons. The fourth-order valence-electron chi connectivity index (χ4n) is 2.09. The van der Waals surface area contributed by atoms with Crippen LogP contribution in [0.5, 0.6) is 0 Å².